The SMILES string of the molecule is FC12OC3(F)c4c5c6c7c8c4C4(F)C1(F)c1c9c%10c%11c%12c%13c%14c%15c%16c%17c%18c%19c%20c%21c%22c%23c%24c%25c(c2c1c1c%25c2c%25c%24c%21c%18c%25c%18c%17c%14c%11c%18c2c%101)C%23(F)C3(F)C5(F)C%22(F)C%20(F)C6(F)C(F)(C%19%16F)C7(F)C%15(F)C%13(F)C8(F)C4(F)C9%12F. The molecule has 0 aromatic heterocycles. The third-order valence-corrected chi connectivity index (χ3v) is 27.9. The maximum atomic E-state index is 21.6. The van der Waals surface area contributed by atoms with Crippen molar-refractivity contribution in [1.29, 1.82) is 0 Å². The number of benzene rings is 11. The van der Waals surface area contributed by atoms with Crippen LogP contribution in [-0.2, 0) is 90.1 Å². The van der Waals surface area contributed by atoms with Gasteiger partial charge >= 0.3 is 0 Å². The lowest BCUT2D eigenvalue weighted by Gasteiger charge is -2.68. The summed E-state index contributed by atoms with van der Waals surface area (Å²) in [6.07, 6.45) is 0. The monoisotopic (exact) mass is 1080 g/mol. The minimum atomic E-state index is -6.18. The molecule has 0 saturated carbocycles. The molecule has 0 radical (unpaired) electrons. The second-order valence-corrected chi connectivity index (χ2v) is 27.6. The fourth-order valence-electron chi connectivity index (χ4n) is 27.5. The standard InChI is InChI=1S/C60F18O/c61-43-25-16-7-1-2-4-6-5-3(1)9-13(7)22-31(25)46(64)47(65)32(22)27-18(9)19-11(5)15-12(6)21-20-10(4)14-8(2)17(16)26(43)33-23(14)34-28(20)45(63)30(21)36-24(15)35-29(19)44(27,62)59(77)53(47,71)39-37-38-40-42-41(39)55(59,73)50(35,68)56(36,74)79-57(42,75)60(45,78)54(40,72)49(34,67)48(33,66)52(38,70)58(43,76)51(37,46)69. The lowest BCUT2D eigenvalue weighted by molar-refractivity contribution is -0.429. The van der Waals surface area contributed by atoms with Crippen molar-refractivity contribution >= 4 is 129 Å². The van der Waals surface area contributed by atoms with Crippen LogP contribution < -0.4 is 0 Å². The van der Waals surface area contributed by atoms with E-state index in [-0.39, 0.29) is 64.6 Å². The number of ether oxygens (including phenoxy) is 1. The second kappa shape index (κ2) is 6.75. The number of hydrogen-bond donors (Lipinski definition) is 0. The largest absolute Gasteiger partial charge is 0.295 e. The zero-order valence-corrected chi connectivity index (χ0v) is 37.2. The summed E-state index contributed by atoms with van der Waals surface area (Å²) in [7, 11) is 0. The van der Waals surface area contributed by atoms with Crippen LogP contribution in [0, 0.1) is 0 Å². The molecule has 1 nitrogen and oxygen atoms in total. The van der Waals surface area contributed by atoms with E-state index in [0.29, 0.717) is 0 Å². The molecule has 0 N–H and O–H groups in total. The molecule has 0 spiro atoms. The molecule has 2 heterocycles. The maximum absolute atomic E-state index is 21.6. The number of hydrogen-bond acceptors (Lipinski definition) is 1. The van der Waals surface area contributed by atoms with Crippen LogP contribution in [0.1, 0.15) is 100 Å². The Hall–Kier alpha value is -6.76. The summed E-state index contributed by atoms with van der Waals surface area (Å²) in [5, 5.41) is -10.6. The summed E-state index contributed by atoms with van der Waals surface area (Å²) in [6, 6.07) is 0. The van der Waals surface area contributed by atoms with E-state index in [1.807, 2.05) is 0 Å². The highest BCUT2D eigenvalue weighted by Crippen LogP contribution is 3.05. The Bertz CT molecular complexity index is 6450. The van der Waals surface area contributed by atoms with Gasteiger partial charge in [-0.2, -0.15) is 0 Å². The van der Waals surface area contributed by atoms with Crippen molar-refractivity contribution < 1.29 is 83.8 Å². The van der Waals surface area contributed by atoms with Gasteiger partial charge in [0, 0.05) is 100 Å². The Balaban J connectivity index is 1.16. The zero-order valence-electron chi connectivity index (χ0n) is 37.2. The fraction of sp³-hybridized carbons (Fsp3) is 0.300. The predicted octanol–water partition coefficient (Wildman–Crippen LogP) is 15.0. The maximum Gasteiger partial charge on any atom is 0.281 e. The van der Waals surface area contributed by atoms with Crippen molar-refractivity contribution in [3.63, 3.8) is 0 Å². The molecule has 19 heteroatoms. The molecular formula is C60F18O. The molecule has 2 bridgehead atoms. The van der Waals surface area contributed by atoms with E-state index in [9.17, 15) is 0 Å². The summed E-state index contributed by atoms with van der Waals surface area (Å²) in [4.78, 5) is 0. The van der Waals surface area contributed by atoms with E-state index in [4.69, 9.17) is 4.74 Å². The van der Waals surface area contributed by atoms with Crippen molar-refractivity contribution in [2.24, 2.45) is 0 Å². The molecule has 372 valence electrons. The first kappa shape index (κ1) is 35.1. The van der Waals surface area contributed by atoms with E-state index in [2.05, 4.69) is 0 Å². The molecule has 14 aromatic rings. The van der Waals surface area contributed by atoms with Crippen LogP contribution in [0.4, 0.5) is 79.0 Å². The van der Waals surface area contributed by atoms with Gasteiger partial charge in [-0.15, -0.1) is 0 Å². The van der Waals surface area contributed by atoms with Crippen molar-refractivity contribution in [2.45, 2.75) is 102 Å². The normalized spacial score (nSPS) is 54.3. The molecular weight excluding hydrogens is 1080 g/mol. The molecule has 0 fully saturated rings. The summed E-state index contributed by atoms with van der Waals surface area (Å²) in [5.74, 6) is -11.5. The topological polar surface area (TPSA) is 9.23 Å². The van der Waals surface area contributed by atoms with E-state index >= 15 is 79.0 Å². The van der Waals surface area contributed by atoms with Gasteiger partial charge < -0.3 is 0 Å². The van der Waals surface area contributed by atoms with Gasteiger partial charge in [0.2, 0.25) is 85.0 Å². The van der Waals surface area contributed by atoms with E-state index in [0.717, 1.165) is 0 Å². The first-order valence-corrected chi connectivity index (χ1v) is 26.1. The minimum Gasteiger partial charge on any atom is -0.295 e. The minimum absolute atomic E-state index is 0.0282. The Morgan fingerprint density at radius 2 is 0.367 bits per heavy atom. The molecule has 32 rings (SSSR count). The molecule has 18 unspecified atom stereocenters. The molecule has 16 aliphatic carbocycles. The molecule has 79 heavy (non-hydrogen) atoms. The van der Waals surface area contributed by atoms with Gasteiger partial charge in [0.25, 0.3) is 17.4 Å². The fourth-order valence-corrected chi connectivity index (χ4v) is 27.5. The van der Waals surface area contributed by atoms with Gasteiger partial charge in [-0.25, -0.2) is 79.0 Å². The first-order chi connectivity index (χ1) is 37.2. The number of alkyl halides is 18. The zero-order chi connectivity index (χ0) is 52.0. The van der Waals surface area contributed by atoms with E-state index in [1.54, 1.807) is 0 Å². The molecule has 18 atom stereocenters. The van der Waals surface area contributed by atoms with Crippen molar-refractivity contribution in [3.8, 4) is 0 Å². The van der Waals surface area contributed by atoms with Crippen molar-refractivity contribution in [2.75, 3.05) is 0 Å². The smallest absolute Gasteiger partial charge is 0.281 e. The molecule has 14 aromatic carbocycles. The van der Waals surface area contributed by atoms with Crippen molar-refractivity contribution in [1.82, 2.24) is 0 Å². The Labute approximate surface area is 414 Å². The highest BCUT2D eigenvalue weighted by Gasteiger charge is 3.16. The Morgan fingerprint density at radius 3 is 0.696 bits per heavy atom. The molecule has 18 aliphatic rings. The average Bonchev–Trinajstić information content (AvgIpc) is 1.36. The van der Waals surface area contributed by atoms with Crippen LogP contribution in [0.25, 0.3) is 129 Å². The summed E-state index contributed by atoms with van der Waals surface area (Å²) in [5.41, 5.74) is -128. The third kappa shape index (κ3) is 1.51. The van der Waals surface area contributed by atoms with Crippen LogP contribution >= 0.6 is 0 Å². The lowest BCUT2D eigenvalue weighted by Crippen LogP contribution is -2.86. The number of rotatable bonds is 0. The van der Waals surface area contributed by atoms with Gasteiger partial charge in [-0.05, 0) is 129 Å². The average molecular weight is 1080 g/mol. The highest BCUT2D eigenvalue weighted by molar-refractivity contribution is 6.68. The quantitative estimate of drug-likeness (QED) is 0.109. The molecule has 2 aliphatic heterocycles. The van der Waals surface area contributed by atoms with Crippen LogP contribution in [0.2, 0.25) is 0 Å². The lowest BCUT2D eigenvalue weighted by atomic mass is 9.40. The van der Waals surface area contributed by atoms with E-state index in [1.165, 1.54) is 0 Å². The van der Waals surface area contributed by atoms with Gasteiger partial charge in [0.1, 0.15) is 0 Å². The second-order valence-electron chi connectivity index (χ2n) is 27.6. The summed E-state index contributed by atoms with van der Waals surface area (Å²) >= 11 is 0. The van der Waals surface area contributed by atoms with Crippen LogP contribution in [0.3, 0.4) is 0 Å². The van der Waals surface area contributed by atoms with Crippen LogP contribution in [0.15, 0.2) is 0 Å². The van der Waals surface area contributed by atoms with Crippen LogP contribution in [-0.4, -0.2) is 17.0 Å². The summed E-state index contributed by atoms with van der Waals surface area (Å²) < 4.78 is 390. The van der Waals surface area contributed by atoms with Crippen LogP contribution in [0.5, 0.6) is 0 Å². The van der Waals surface area contributed by atoms with Gasteiger partial charge in [0.15, 0.2) is 0 Å². The Morgan fingerprint density at radius 1 is 0.152 bits per heavy atom. The van der Waals surface area contributed by atoms with Gasteiger partial charge in [0.05, 0.1) is 0 Å². The summed E-state index contributed by atoms with van der Waals surface area (Å²) in [6.45, 7) is 0. The van der Waals surface area contributed by atoms with Gasteiger partial charge in [-0.1, -0.05) is 0 Å². The van der Waals surface area contributed by atoms with E-state index < -0.39 is 267 Å². The Kier molecular flexibility index (Phi) is 3.00. The first-order valence-electron chi connectivity index (χ1n) is 26.1. The predicted molar refractivity (Wildman–Crippen MR) is 235 cm³/mol. The molecule has 0 saturated heterocycles. The number of halogens is 18. The molecule has 0 amide bonds. The van der Waals surface area contributed by atoms with Crippen molar-refractivity contribution in [3.05, 3.63) is 100 Å². The van der Waals surface area contributed by atoms with Gasteiger partial charge in [-0.3, -0.25) is 4.74 Å². The highest BCUT2D eigenvalue weighted by atomic mass is 19.2. The third-order valence-electron chi connectivity index (χ3n) is 27.9.